The summed E-state index contributed by atoms with van der Waals surface area (Å²) in [7, 11) is 0. The highest BCUT2D eigenvalue weighted by Crippen LogP contribution is 2.30. The zero-order valence-electron chi connectivity index (χ0n) is 14.7. The first-order valence-corrected chi connectivity index (χ1v) is 8.62. The largest absolute Gasteiger partial charge is 0.416 e. The molecule has 2 atom stereocenters. The van der Waals surface area contributed by atoms with Crippen LogP contribution in [0.3, 0.4) is 0 Å². The molecule has 26 heavy (non-hydrogen) atoms. The van der Waals surface area contributed by atoms with Gasteiger partial charge in [0.15, 0.2) is 0 Å². The van der Waals surface area contributed by atoms with Crippen molar-refractivity contribution in [3.05, 3.63) is 83.7 Å². The maximum Gasteiger partial charge on any atom is 0.416 e. The number of alkyl halides is 3. The van der Waals surface area contributed by atoms with Crippen molar-refractivity contribution in [2.45, 2.75) is 38.3 Å². The van der Waals surface area contributed by atoms with Gasteiger partial charge in [-0.05, 0) is 48.2 Å². The van der Waals surface area contributed by atoms with Gasteiger partial charge in [-0.3, -0.25) is 0 Å². The number of hydrogen-bond donors (Lipinski definition) is 0. The molecule has 1 unspecified atom stereocenters. The molecule has 2 aromatic carbocycles. The van der Waals surface area contributed by atoms with Crippen LogP contribution in [0, 0.1) is 0 Å². The van der Waals surface area contributed by atoms with Crippen LogP contribution < -0.4 is 0 Å². The Hall–Kier alpha value is -2.56. The molecule has 0 N–H and O–H groups in total. The zero-order chi connectivity index (χ0) is 18.7. The smallest absolute Gasteiger partial charge is 0.241 e. The Morgan fingerprint density at radius 3 is 2.15 bits per heavy atom. The molecule has 0 bridgehead atoms. The van der Waals surface area contributed by atoms with Crippen LogP contribution in [0.5, 0.6) is 0 Å². The molecule has 5 heteroatoms. The van der Waals surface area contributed by atoms with Crippen LogP contribution in [-0.2, 0) is 6.18 Å². The van der Waals surface area contributed by atoms with E-state index >= 15 is 0 Å². The first kappa shape index (κ1) is 18.2. The number of hydrogen-bond acceptors (Lipinski definition) is 1. The van der Waals surface area contributed by atoms with Gasteiger partial charge in [-0.25, -0.2) is 4.68 Å². The minimum Gasteiger partial charge on any atom is -0.241 e. The molecule has 0 spiro atoms. The van der Waals surface area contributed by atoms with E-state index in [1.165, 1.54) is 17.7 Å². The van der Waals surface area contributed by atoms with Gasteiger partial charge in [0.25, 0.3) is 0 Å². The third kappa shape index (κ3) is 4.15. The predicted molar refractivity (Wildman–Crippen MR) is 96.5 cm³/mol. The van der Waals surface area contributed by atoms with Crippen molar-refractivity contribution in [2.24, 2.45) is 0 Å². The Morgan fingerprint density at radius 2 is 1.54 bits per heavy atom. The molecule has 0 saturated heterocycles. The Kier molecular flexibility index (Phi) is 5.16. The Labute approximate surface area is 151 Å². The van der Waals surface area contributed by atoms with E-state index in [2.05, 4.69) is 31.1 Å². The fourth-order valence-electron chi connectivity index (χ4n) is 3.12. The van der Waals surface area contributed by atoms with Crippen LogP contribution in [0.1, 0.15) is 48.9 Å². The molecule has 0 saturated carbocycles. The van der Waals surface area contributed by atoms with Crippen molar-refractivity contribution in [1.82, 2.24) is 9.78 Å². The van der Waals surface area contributed by atoms with E-state index in [0.717, 1.165) is 24.2 Å². The first-order valence-electron chi connectivity index (χ1n) is 8.62. The zero-order valence-corrected chi connectivity index (χ0v) is 14.7. The number of nitrogens with zero attached hydrogens (tertiary/aromatic N) is 2. The van der Waals surface area contributed by atoms with Crippen molar-refractivity contribution in [1.29, 1.82) is 0 Å². The summed E-state index contributed by atoms with van der Waals surface area (Å²) in [6.45, 7) is 4.32. The first-order chi connectivity index (χ1) is 12.3. The average molecular weight is 358 g/mol. The summed E-state index contributed by atoms with van der Waals surface area (Å²) in [6.07, 6.45) is -1.58. The molecule has 3 rings (SSSR count). The van der Waals surface area contributed by atoms with Gasteiger partial charge in [-0.15, -0.1) is 0 Å². The number of halogens is 3. The molecule has 0 aliphatic rings. The van der Waals surface area contributed by atoms with E-state index in [-0.39, 0.29) is 5.92 Å². The van der Waals surface area contributed by atoms with Crippen molar-refractivity contribution >= 4 is 0 Å². The summed E-state index contributed by atoms with van der Waals surface area (Å²) in [6, 6.07) is 17.3. The topological polar surface area (TPSA) is 17.8 Å². The van der Waals surface area contributed by atoms with Gasteiger partial charge in [0, 0.05) is 12.1 Å². The highest BCUT2D eigenvalue weighted by molar-refractivity contribution is 5.35. The third-order valence-electron chi connectivity index (χ3n) is 4.65. The van der Waals surface area contributed by atoms with E-state index in [1.54, 1.807) is 10.9 Å². The van der Waals surface area contributed by atoms with Crippen LogP contribution in [0.4, 0.5) is 13.2 Å². The van der Waals surface area contributed by atoms with Gasteiger partial charge in [0.05, 0.1) is 16.9 Å². The average Bonchev–Trinajstić information content (AvgIpc) is 3.12. The van der Waals surface area contributed by atoms with Gasteiger partial charge >= 0.3 is 6.18 Å². The molecule has 0 aliphatic heterocycles. The summed E-state index contributed by atoms with van der Waals surface area (Å²) >= 11 is 0. The molecule has 1 heterocycles. The van der Waals surface area contributed by atoms with Crippen LogP contribution in [0.15, 0.2) is 66.9 Å². The molecule has 0 radical (unpaired) electrons. The molecule has 1 aromatic heterocycles. The fraction of sp³-hybridized carbons (Fsp3) is 0.286. The fourth-order valence-corrected chi connectivity index (χ4v) is 3.12. The standard InChI is InChI=1S/C21H21F3N2/c1-15(17-6-4-3-5-7-17)14-16(2)20-12-13-26(25-20)19-10-8-18(9-11-19)21(22,23)24/h3-13,15-16H,14H2,1-2H3/t15-,16?/m0/s1. The van der Waals surface area contributed by atoms with Crippen molar-refractivity contribution < 1.29 is 13.2 Å². The maximum atomic E-state index is 12.7. The van der Waals surface area contributed by atoms with Crippen LogP contribution in [-0.4, -0.2) is 9.78 Å². The van der Waals surface area contributed by atoms with Crippen LogP contribution in [0.25, 0.3) is 5.69 Å². The second-order valence-electron chi connectivity index (χ2n) is 6.68. The van der Waals surface area contributed by atoms with Gasteiger partial charge in [0.1, 0.15) is 0 Å². The Morgan fingerprint density at radius 1 is 0.885 bits per heavy atom. The summed E-state index contributed by atoms with van der Waals surface area (Å²) in [4.78, 5) is 0. The lowest BCUT2D eigenvalue weighted by atomic mass is 9.90. The van der Waals surface area contributed by atoms with E-state index in [9.17, 15) is 13.2 Å². The minimum absolute atomic E-state index is 0.251. The van der Waals surface area contributed by atoms with E-state index in [0.29, 0.717) is 11.6 Å². The second-order valence-corrected chi connectivity index (χ2v) is 6.68. The number of rotatable bonds is 5. The molecule has 0 aliphatic carbocycles. The summed E-state index contributed by atoms with van der Waals surface area (Å²) in [5, 5.41) is 4.55. The Balaban J connectivity index is 1.71. The molecule has 2 nitrogen and oxygen atoms in total. The molecule has 0 amide bonds. The second kappa shape index (κ2) is 7.36. The monoisotopic (exact) mass is 358 g/mol. The van der Waals surface area contributed by atoms with Gasteiger partial charge in [-0.2, -0.15) is 18.3 Å². The highest BCUT2D eigenvalue weighted by Gasteiger charge is 2.30. The lowest BCUT2D eigenvalue weighted by molar-refractivity contribution is -0.137. The normalized spacial score (nSPS) is 14.2. The number of aromatic nitrogens is 2. The lowest BCUT2D eigenvalue weighted by Crippen LogP contribution is -2.06. The molecule has 0 fully saturated rings. The summed E-state index contributed by atoms with van der Waals surface area (Å²) in [5.74, 6) is 0.656. The maximum absolute atomic E-state index is 12.7. The van der Waals surface area contributed by atoms with Gasteiger partial charge in [-0.1, -0.05) is 44.2 Å². The SMILES string of the molecule is CC(C[C@H](C)c1ccccc1)c1ccn(-c2ccc(C(F)(F)F)cc2)n1. The molecular weight excluding hydrogens is 337 g/mol. The van der Waals surface area contributed by atoms with E-state index < -0.39 is 11.7 Å². The van der Waals surface area contributed by atoms with E-state index in [4.69, 9.17) is 0 Å². The summed E-state index contributed by atoms with van der Waals surface area (Å²) < 4.78 is 39.6. The predicted octanol–water partition coefficient (Wildman–Crippen LogP) is 6.19. The summed E-state index contributed by atoms with van der Waals surface area (Å²) in [5.41, 5.74) is 2.19. The van der Waals surface area contributed by atoms with Crippen LogP contribution >= 0.6 is 0 Å². The van der Waals surface area contributed by atoms with Crippen molar-refractivity contribution in [3.63, 3.8) is 0 Å². The van der Waals surface area contributed by atoms with E-state index in [1.807, 2.05) is 24.3 Å². The number of benzene rings is 2. The van der Waals surface area contributed by atoms with Crippen molar-refractivity contribution in [3.8, 4) is 5.69 Å². The van der Waals surface area contributed by atoms with Crippen LogP contribution in [0.2, 0.25) is 0 Å². The quantitative estimate of drug-likeness (QED) is 0.532. The molecular formula is C21H21F3N2. The molecule has 136 valence electrons. The Bertz CT molecular complexity index is 836. The lowest BCUT2D eigenvalue weighted by Gasteiger charge is -2.16. The highest BCUT2D eigenvalue weighted by atomic mass is 19.4. The third-order valence-corrected chi connectivity index (χ3v) is 4.65. The van der Waals surface area contributed by atoms with Crippen molar-refractivity contribution in [2.75, 3.05) is 0 Å². The van der Waals surface area contributed by atoms with Gasteiger partial charge in [0.2, 0.25) is 0 Å². The van der Waals surface area contributed by atoms with Gasteiger partial charge < -0.3 is 0 Å². The molecule has 3 aromatic rings. The minimum atomic E-state index is -4.32.